The Hall–Kier alpha value is -1.32. The molecule has 1 unspecified atom stereocenters. The van der Waals surface area contributed by atoms with E-state index in [1.54, 1.807) is 0 Å². The quantitative estimate of drug-likeness (QED) is 0.922. The Kier molecular flexibility index (Phi) is 4.39. The maximum Gasteiger partial charge on any atom is 0.125 e. The van der Waals surface area contributed by atoms with Crippen molar-refractivity contribution in [3.63, 3.8) is 0 Å². The van der Waals surface area contributed by atoms with Crippen molar-refractivity contribution < 1.29 is 9.84 Å². The van der Waals surface area contributed by atoms with Crippen LogP contribution in [0.15, 0.2) is 53.0 Å². The summed E-state index contributed by atoms with van der Waals surface area (Å²) in [6, 6.07) is 15.7. The summed E-state index contributed by atoms with van der Waals surface area (Å²) in [6.07, 6.45) is -0.0438. The third-order valence-electron chi connectivity index (χ3n) is 2.77. The van der Waals surface area contributed by atoms with Crippen LogP contribution in [0.3, 0.4) is 0 Å². The van der Waals surface area contributed by atoms with Gasteiger partial charge in [0.1, 0.15) is 11.9 Å². The zero-order valence-electron chi connectivity index (χ0n) is 10.1. The summed E-state index contributed by atoms with van der Waals surface area (Å²) in [6.45, 7) is 1.97. The van der Waals surface area contributed by atoms with Gasteiger partial charge in [-0.05, 0) is 30.7 Å². The van der Waals surface area contributed by atoms with Gasteiger partial charge in [-0.15, -0.1) is 0 Å². The van der Waals surface area contributed by atoms with Gasteiger partial charge in [0, 0.05) is 10.0 Å². The molecule has 0 fully saturated rings. The summed E-state index contributed by atoms with van der Waals surface area (Å²) < 4.78 is 6.83. The Morgan fingerprint density at radius 3 is 2.56 bits per heavy atom. The minimum Gasteiger partial charge on any atom is -0.486 e. The Labute approximate surface area is 115 Å². The van der Waals surface area contributed by atoms with E-state index < -0.39 is 0 Å². The summed E-state index contributed by atoms with van der Waals surface area (Å²) >= 11 is 3.38. The van der Waals surface area contributed by atoms with E-state index >= 15 is 0 Å². The third kappa shape index (κ3) is 3.12. The van der Waals surface area contributed by atoms with Gasteiger partial charge in [-0.3, -0.25) is 0 Å². The first-order valence-corrected chi connectivity index (χ1v) is 6.61. The van der Waals surface area contributed by atoms with Crippen molar-refractivity contribution in [3.8, 4) is 5.75 Å². The largest absolute Gasteiger partial charge is 0.486 e. The third-order valence-corrected chi connectivity index (χ3v) is 3.26. The minimum absolute atomic E-state index is 0.0315. The molecule has 2 aromatic carbocycles. The van der Waals surface area contributed by atoms with Crippen LogP contribution in [-0.4, -0.2) is 5.11 Å². The first-order chi connectivity index (χ1) is 8.70. The number of hydrogen-bond donors (Lipinski definition) is 1. The lowest BCUT2D eigenvalue weighted by molar-refractivity contribution is 0.213. The van der Waals surface area contributed by atoms with Crippen molar-refractivity contribution in [2.75, 3.05) is 0 Å². The van der Waals surface area contributed by atoms with E-state index in [4.69, 9.17) is 4.74 Å². The summed E-state index contributed by atoms with van der Waals surface area (Å²) in [5.74, 6) is 0.719. The van der Waals surface area contributed by atoms with Crippen LogP contribution in [0.4, 0.5) is 0 Å². The zero-order chi connectivity index (χ0) is 13.0. The van der Waals surface area contributed by atoms with E-state index in [0.29, 0.717) is 0 Å². The van der Waals surface area contributed by atoms with Gasteiger partial charge in [0.15, 0.2) is 0 Å². The first kappa shape index (κ1) is 13.1. The molecule has 1 atom stereocenters. The standard InChI is InChI=1S/C15H15BrO2/c1-11(12-5-3-2-4-6-12)18-15-8-7-14(16)9-13(15)10-17/h2-9,11,17H,10H2,1H3. The molecule has 0 spiro atoms. The molecule has 0 aliphatic heterocycles. The second-order valence-corrected chi connectivity index (χ2v) is 5.00. The Morgan fingerprint density at radius 2 is 1.89 bits per heavy atom. The highest BCUT2D eigenvalue weighted by Gasteiger charge is 2.10. The lowest BCUT2D eigenvalue weighted by Crippen LogP contribution is -2.04. The minimum atomic E-state index is -0.0438. The molecule has 3 heteroatoms. The number of benzene rings is 2. The molecule has 0 aliphatic carbocycles. The highest BCUT2D eigenvalue weighted by Crippen LogP contribution is 2.27. The molecule has 0 aliphatic rings. The van der Waals surface area contributed by atoms with Crippen molar-refractivity contribution >= 4 is 15.9 Å². The second-order valence-electron chi connectivity index (χ2n) is 4.08. The van der Waals surface area contributed by atoms with Gasteiger partial charge in [0.05, 0.1) is 6.61 Å². The molecule has 94 valence electrons. The number of rotatable bonds is 4. The number of hydrogen-bond acceptors (Lipinski definition) is 2. The fraction of sp³-hybridized carbons (Fsp3) is 0.200. The Bertz CT molecular complexity index is 511. The number of aliphatic hydroxyl groups is 1. The Balaban J connectivity index is 2.19. The van der Waals surface area contributed by atoms with E-state index in [1.165, 1.54) is 0 Å². The van der Waals surface area contributed by atoms with Crippen LogP contribution in [0.5, 0.6) is 5.75 Å². The van der Waals surface area contributed by atoms with Crippen LogP contribution in [0.1, 0.15) is 24.2 Å². The van der Waals surface area contributed by atoms with Crippen LogP contribution in [-0.2, 0) is 6.61 Å². The molecule has 1 N–H and O–H groups in total. The monoisotopic (exact) mass is 306 g/mol. The molecule has 0 bridgehead atoms. The topological polar surface area (TPSA) is 29.5 Å². The van der Waals surface area contributed by atoms with E-state index in [0.717, 1.165) is 21.3 Å². The highest BCUT2D eigenvalue weighted by atomic mass is 79.9. The molecule has 0 saturated heterocycles. The first-order valence-electron chi connectivity index (χ1n) is 5.81. The van der Waals surface area contributed by atoms with Gasteiger partial charge in [0.25, 0.3) is 0 Å². The lowest BCUT2D eigenvalue weighted by Gasteiger charge is -2.17. The summed E-state index contributed by atoms with van der Waals surface area (Å²) in [4.78, 5) is 0. The molecule has 2 rings (SSSR count). The average molecular weight is 307 g/mol. The van der Waals surface area contributed by atoms with E-state index in [1.807, 2.05) is 55.5 Å². The molecule has 18 heavy (non-hydrogen) atoms. The maximum absolute atomic E-state index is 9.33. The van der Waals surface area contributed by atoms with Crippen LogP contribution >= 0.6 is 15.9 Å². The summed E-state index contributed by atoms with van der Waals surface area (Å²) in [5.41, 5.74) is 1.90. The molecule has 0 amide bonds. The van der Waals surface area contributed by atoms with Gasteiger partial charge in [-0.1, -0.05) is 46.3 Å². The molecule has 0 heterocycles. The van der Waals surface area contributed by atoms with Crippen molar-refractivity contribution in [2.45, 2.75) is 19.6 Å². The zero-order valence-corrected chi connectivity index (χ0v) is 11.7. The van der Waals surface area contributed by atoms with Crippen LogP contribution in [0.25, 0.3) is 0 Å². The van der Waals surface area contributed by atoms with Gasteiger partial charge in [-0.25, -0.2) is 0 Å². The van der Waals surface area contributed by atoms with Crippen LogP contribution < -0.4 is 4.74 Å². The summed E-state index contributed by atoms with van der Waals surface area (Å²) in [5, 5.41) is 9.33. The molecule has 2 aromatic rings. The normalized spacial score (nSPS) is 12.2. The van der Waals surface area contributed by atoms with E-state index in [2.05, 4.69) is 15.9 Å². The van der Waals surface area contributed by atoms with Gasteiger partial charge in [0.2, 0.25) is 0 Å². The van der Waals surface area contributed by atoms with Gasteiger partial charge >= 0.3 is 0 Å². The SMILES string of the molecule is CC(Oc1ccc(Br)cc1CO)c1ccccc1. The summed E-state index contributed by atoms with van der Waals surface area (Å²) in [7, 11) is 0. The predicted octanol–water partition coefficient (Wildman–Crippen LogP) is 4.08. The van der Waals surface area contributed by atoms with Crippen LogP contribution in [0.2, 0.25) is 0 Å². The van der Waals surface area contributed by atoms with Crippen molar-refractivity contribution in [1.29, 1.82) is 0 Å². The fourth-order valence-corrected chi connectivity index (χ4v) is 2.18. The van der Waals surface area contributed by atoms with Crippen molar-refractivity contribution in [2.24, 2.45) is 0 Å². The molecule has 0 saturated carbocycles. The lowest BCUT2D eigenvalue weighted by atomic mass is 10.1. The maximum atomic E-state index is 9.33. The van der Waals surface area contributed by atoms with Crippen LogP contribution in [0, 0.1) is 0 Å². The molecular weight excluding hydrogens is 292 g/mol. The smallest absolute Gasteiger partial charge is 0.125 e. The molecule has 0 aromatic heterocycles. The number of halogens is 1. The van der Waals surface area contributed by atoms with E-state index in [9.17, 15) is 5.11 Å². The fourth-order valence-electron chi connectivity index (χ4n) is 1.77. The molecule has 2 nitrogen and oxygen atoms in total. The van der Waals surface area contributed by atoms with Gasteiger partial charge < -0.3 is 9.84 Å². The van der Waals surface area contributed by atoms with Crippen molar-refractivity contribution in [1.82, 2.24) is 0 Å². The molecular formula is C15H15BrO2. The number of aliphatic hydroxyl groups excluding tert-OH is 1. The predicted molar refractivity (Wildman–Crippen MR) is 75.5 cm³/mol. The Morgan fingerprint density at radius 1 is 1.17 bits per heavy atom. The molecule has 0 radical (unpaired) electrons. The van der Waals surface area contributed by atoms with E-state index in [-0.39, 0.29) is 12.7 Å². The average Bonchev–Trinajstić information content (AvgIpc) is 2.41. The highest BCUT2D eigenvalue weighted by molar-refractivity contribution is 9.10. The second kappa shape index (κ2) is 6.03. The van der Waals surface area contributed by atoms with Crippen molar-refractivity contribution in [3.05, 3.63) is 64.1 Å². The number of ether oxygens (including phenoxy) is 1. The van der Waals surface area contributed by atoms with Gasteiger partial charge in [-0.2, -0.15) is 0 Å².